The number of aliphatic carboxylic acids is 1. The first-order valence-electron chi connectivity index (χ1n) is 7.18. The molecular formula is C15H22N2O5S. The first-order valence-corrected chi connectivity index (χ1v) is 8.66. The summed E-state index contributed by atoms with van der Waals surface area (Å²) in [4.78, 5) is 23.1. The Balaban J connectivity index is 2.92. The Bertz CT molecular complexity index is 680. The molecule has 1 amide bonds. The average Bonchev–Trinajstić information content (AvgIpc) is 2.46. The zero-order valence-corrected chi connectivity index (χ0v) is 14.4. The van der Waals surface area contributed by atoms with Crippen LogP contribution < -0.4 is 10.0 Å². The van der Waals surface area contributed by atoms with Crippen molar-refractivity contribution < 1.29 is 23.1 Å². The molecule has 0 bridgehead atoms. The van der Waals surface area contributed by atoms with E-state index in [1.165, 1.54) is 38.1 Å². The lowest BCUT2D eigenvalue weighted by atomic mass is 10.1. The van der Waals surface area contributed by atoms with E-state index in [0.29, 0.717) is 6.42 Å². The third-order valence-corrected chi connectivity index (χ3v) is 4.96. The highest BCUT2D eigenvalue weighted by molar-refractivity contribution is 7.89. The second-order valence-electron chi connectivity index (χ2n) is 5.84. The molecule has 0 aliphatic heterocycles. The van der Waals surface area contributed by atoms with Crippen LogP contribution in [0.1, 0.15) is 44.5 Å². The van der Waals surface area contributed by atoms with Crippen molar-refractivity contribution in [2.75, 3.05) is 0 Å². The van der Waals surface area contributed by atoms with E-state index in [1.54, 1.807) is 6.92 Å². The molecule has 1 aromatic carbocycles. The number of carboxylic acids is 1. The summed E-state index contributed by atoms with van der Waals surface area (Å²) in [5.41, 5.74) is -1.23. The van der Waals surface area contributed by atoms with Crippen molar-refractivity contribution in [3.63, 3.8) is 0 Å². The Morgan fingerprint density at radius 2 is 1.74 bits per heavy atom. The normalized spacial score (nSPS) is 13.4. The Morgan fingerprint density at radius 1 is 1.22 bits per heavy atom. The van der Waals surface area contributed by atoms with E-state index in [-0.39, 0.29) is 16.5 Å². The van der Waals surface area contributed by atoms with Gasteiger partial charge in [0.2, 0.25) is 10.0 Å². The molecule has 0 saturated carbocycles. The number of sulfonamides is 1. The van der Waals surface area contributed by atoms with Gasteiger partial charge in [-0.15, -0.1) is 0 Å². The zero-order valence-electron chi connectivity index (χ0n) is 13.6. The van der Waals surface area contributed by atoms with E-state index in [0.717, 1.165) is 0 Å². The molecule has 3 N–H and O–H groups in total. The SMILES string of the molecule is CCC(C)NS(=O)(=O)c1ccc(C(=O)NC(C)(C)C(=O)O)cc1. The molecule has 8 heteroatoms. The number of hydrogen-bond acceptors (Lipinski definition) is 4. The summed E-state index contributed by atoms with van der Waals surface area (Å²) in [7, 11) is -3.64. The Hall–Kier alpha value is -1.93. The summed E-state index contributed by atoms with van der Waals surface area (Å²) >= 11 is 0. The highest BCUT2D eigenvalue weighted by Crippen LogP contribution is 2.13. The van der Waals surface area contributed by atoms with Gasteiger partial charge < -0.3 is 10.4 Å². The van der Waals surface area contributed by atoms with E-state index >= 15 is 0 Å². The van der Waals surface area contributed by atoms with E-state index in [1.807, 2.05) is 6.92 Å². The van der Waals surface area contributed by atoms with Crippen LogP contribution in [-0.2, 0) is 14.8 Å². The smallest absolute Gasteiger partial charge is 0.328 e. The van der Waals surface area contributed by atoms with E-state index < -0.39 is 27.4 Å². The van der Waals surface area contributed by atoms with Crippen LogP contribution in [0.25, 0.3) is 0 Å². The van der Waals surface area contributed by atoms with Gasteiger partial charge in [0.15, 0.2) is 0 Å². The lowest BCUT2D eigenvalue weighted by Gasteiger charge is -2.21. The number of carbonyl (C=O) groups excluding carboxylic acids is 1. The van der Waals surface area contributed by atoms with Gasteiger partial charge >= 0.3 is 5.97 Å². The van der Waals surface area contributed by atoms with Crippen LogP contribution in [0.4, 0.5) is 0 Å². The third-order valence-electron chi connectivity index (χ3n) is 3.36. The maximum atomic E-state index is 12.1. The first-order chi connectivity index (χ1) is 10.5. The number of carboxylic acid groups (broad SMARTS) is 1. The minimum atomic E-state index is -3.64. The zero-order chi connectivity index (χ0) is 17.8. The van der Waals surface area contributed by atoms with Gasteiger partial charge in [-0.25, -0.2) is 17.9 Å². The summed E-state index contributed by atoms with van der Waals surface area (Å²) in [6, 6.07) is 5.12. The second-order valence-corrected chi connectivity index (χ2v) is 7.55. The van der Waals surface area contributed by atoms with Crippen molar-refractivity contribution >= 4 is 21.9 Å². The molecule has 0 aliphatic carbocycles. The van der Waals surface area contributed by atoms with Gasteiger partial charge in [0.25, 0.3) is 5.91 Å². The van der Waals surface area contributed by atoms with Crippen molar-refractivity contribution in [2.45, 2.75) is 50.6 Å². The highest BCUT2D eigenvalue weighted by atomic mass is 32.2. The van der Waals surface area contributed by atoms with Crippen molar-refractivity contribution in [1.29, 1.82) is 0 Å². The first kappa shape index (κ1) is 19.1. The fraction of sp³-hybridized carbons (Fsp3) is 0.467. The molecule has 0 heterocycles. The number of benzene rings is 1. The quantitative estimate of drug-likeness (QED) is 0.692. The lowest BCUT2D eigenvalue weighted by Crippen LogP contribution is -2.49. The summed E-state index contributed by atoms with van der Waals surface area (Å²) in [6.07, 6.45) is 0.657. The summed E-state index contributed by atoms with van der Waals surface area (Å²) in [5, 5.41) is 11.4. The van der Waals surface area contributed by atoms with Gasteiger partial charge in [0, 0.05) is 11.6 Å². The molecule has 0 radical (unpaired) electrons. The molecule has 0 fully saturated rings. The number of carbonyl (C=O) groups is 2. The number of nitrogens with one attached hydrogen (secondary N) is 2. The molecule has 0 spiro atoms. The minimum Gasteiger partial charge on any atom is -0.480 e. The van der Waals surface area contributed by atoms with Crippen LogP contribution in [-0.4, -0.2) is 37.0 Å². The predicted molar refractivity (Wildman–Crippen MR) is 85.7 cm³/mol. The fourth-order valence-electron chi connectivity index (χ4n) is 1.61. The molecule has 1 aromatic rings. The van der Waals surface area contributed by atoms with Crippen LogP contribution in [0.5, 0.6) is 0 Å². The van der Waals surface area contributed by atoms with Gasteiger partial charge in [-0.1, -0.05) is 6.92 Å². The minimum absolute atomic E-state index is 0.0480. The van der Waals surface area contributed by atoms with E-state index in [9.17, 15) is 18.0 Å². The largest absolute Gasteiger partial charge is 0.480 e. The Morgan fingerprint density at radius 3 is 2.17 bits per heavy atom. The van der Waals surface area contributed by atoms with E-state index in [4.69, 9.17) is 5.11 Å². The number of rotatable bonds is 7. The summed E-state index contributed by atoms with van der Waals surface area (Å²) in [6.45, 7) is 6.35. The van der Waals surface area contributed by atoms with Crippen LogP contribution in [0.15, 0.2) is 29.2 Å². The standard InChI is InChI=1S/C15H22N2O5S/c1-5-10(2)17-23(21,22)12-8-6-11(7-9-12)13(18)16-15(3,4)14(19)20/h6-10,17H,5H2,1-4H3,(H,16,18)(H,19,20). The lowest BCUT2D eigenvalue weighted by molar-refractivity contribution is -0.143. The van der Waals surface area contributed by atoms with Crippen molar-refractivity contribution in [3.05, 3.63) is 29.8 Å². The van der Waals surface area contributed by atoms with Crippen LogP contribution in [0, 0.1) is 0 Å². The number of amides is 1. The maximum Gasteiger partial charge on any atom is 0.328 e. The van der Waals surface area contributed by atoms with Crippen LogP contribution in [0.3, 0.4) is 0 Å². The van der Waals surface area contributed by atoms with Crippen LogP contribution >= 0.6 is 0 Å². The monoisotopic (exact) mass is 342 g/mol. The maximum absolute atomic E-state index is 12.1. The topological polar surface area (TPSA) is 113 Å². The molecule has 0 aliphatic rings. The molecule has 23 heavy (non-hydrogen) atoms. The van der Waals surface area contributed by atoms with Gasteiger partial charge in [-0.2, -0.15) is 0 Å². The van der Waals surface area contributed by atoms with Crippen LogP contribution in [0.2, 0.25) is 0 Å². The average molecular weight is 342 g/mol. The number of hydrogen-bond donors (Lipinski definition) is 3. The second kappa shape index (κ2) is 7.10. The fourth-order valence-corrected chi connectivity index (χ4v) is 2.94. The van der Waals surface area contributed by atoms with Gasteiger partial charge in [0.05, 0.1) is 4.90 Å². The molecular weight excluding hydrogens is 320 g/mol. The molecule has 128 valence electrons. The molecule has 0 aromatic heterocycles. The predicted octanol–water partition coefficient (Wildman–Crippen LogP) is 1.36. The van der Waals surface area contributed by atoms with Crippen molar-refractivity contribution in [2.24, 2.45) is 0 Å². The van der Waals surface area contributed by atoms with Crippen molar-refractivity contribution in [1.82, 2.24) is 10.0 Å². The van der Waals surface area contributed by atoms with Gasteiger partial charge in [-0.05, 0) is 51.5 Å². The van der Waals surface area contributed by atoms with Crippen molar-refractivity contribution in [3.8, 4) is 0 Å². The molecule has 0 saturated heterocycles. The highest BCUT2D eigenvalue weighted by Gasteiger charge is 2.29. The Labute approximate surface area is 136 Å². The summed E-state index contributed by atoms with van der Waals surface area (Å²) in [5.74, 6) is -1.75. The Kier molecular flexibility index (Phi) is 5.90. The molecule has 1 unspecified atom stereocenters. The molecule has 1 atom stereocenters. The molecule has 1 rings (SSSR count). The third kappa shape index (κ3) is 5.04. The van der Waals surface area contributed by atoms with Gasteiger partial charge in [-0.3, -0.25) is 4.79 Å². The summed E-state index contributed by atoms with van der Waals surface area (Å²) < 4.78 is 26.7. The molecule has 7 nitrogen and oxygen atoms in total. The van der Waals surface area contributed by atoms with E-state index in [2.05, 4.69) is 10.0 Å². The van der Waals surface area contributed by atoms with Gasteiger partial charge in [0.1, 0.15) is 5.54 Å².